The number of hydrogen-bond acceptors (Lipinski definition) is 6. The first-order valence-corrected chi connectivity index (χ1v) is 12.1. The molecule has 0 unspecified atom stereocenters. The predicted molar refractivity (Wildman–Crippen MR) is 132 cm³/mol. The summed E-state index contributed by atoms with van der Waals surface area (Å²) >= 11 is 0. The van der Waals surface area contributed by atoms with Gasteiger partial charge in [0.25, 0.3) is 0 Å². The van der Waals surface area contributed by atoms with Gasteiger partial charge in [-0.25, -0.2) is 4.39 Å². The molecule has 188 valence electrons. The summed E-state index contributed by atoms with van der Waals surface area (Å²) in [5, 5.41) is 11.1. The van der Waals surface area contributed by atoms with Gasteiger partial charge in [0, 0.05) is 44.3 Å². The highest BCUT2D eigenvalue weighted by Crippen LogP contribution is 2.20. The fourth-order valence-corrected chi connectivity index (χ4v) is 4.32. The van der Waals surface area contributed by atoms with Crippen LogP contribution in [0.3, 0.4) is 0 Å². The standard InChI is InChI=1S/C27H39FN2O4/c1-21(2)30(22(3)4)13-15-33-25-10-8-23(9-11-25)17-29-12-14-32-19-27(31,18-29)20-34-26-7-5-6-24(28)16-26/h5-11,16,21-22,31H,12-15,17-20H2,1-4H3/t27-/m1/s1. The zero-order chi connectivity index (χ0) is 24.6. The molecule has 1 aliphatic heterocycles. The monoisotopic (exact) mass is 474 g/mol. The van der Waals surface area contributed by atoms with Gasteiger partial charge in [-0.05, 0) is 57.5 Å². The van der Waals surface area contributed by atoms with Crippen molar-refractivity contribution in [2.24, 2.45) is 0 Å². The van der Waals surface area contributed by atoms with Crippen LogP contribution < -0.4 is 9.47 Å². The van der Waals surface area contributed by atoms with Gasteiger partial charge in [0.1, 0.15) is 36.1 Å². The molecule has 1 aliphatic rings. The van der Waals surface area contributed by atoms with Crippen molar-refractivity contribution < 1.29 is 23.7 Å². The Kier molecular flexibility index (Phi) is 9.71. The van der Waals surface area contributed by atoms with E-state index >= 15 is 0 Å². The van der Waals surface area contributed by atoms with E-state index in [4.69, 9.17) is 14.2 Å². The van der Waals surface area contributed by atoms with Gasteiger partial charge < -0.3 is 19.3 Å². The van der Waals surface area contributed by atoms with Crippen molar-refractivity contribution in [2.45, 2.75) is 51.9 Å². The van der Waals surface area contributed by atoms with Crippen LogP contribution in [0.2, 0.25) is 0 Å². The number of rotatable bonds is 11. The number of ether oxygens (including phenoxy) is 3. The molecule has 1 atom stereocenters. The summed E-state index contributed by atoms with van der Waals surface area (Å²) in [5.74, 6) is 0.882. The molecule has 2 aromatic carbocycles. The average molecular weight is 475 g/mol. The third kappa shape index (κ3) is 8.24. The van der Waals surface area contributed by atoms with Crippen LogP contribution in [0.25, 0.3) is 0 Å². The topological polar surface area (TPSA) is 54.4 Å². The molecule has 0 aliphatic carbocycles. The van der Waals surface area contributed by atoms with Crippen LogP contribution >= 0.6 is 0 Å². The van der Waals surface area contributed by atoms with E-state index in [-0.39, 0.29) is 19.0 Å². The van der Waals surface area contributed by atoms with Crippen molar-refractivity contribution in [1.29, 1.82) is 0 Å². The van der Waals surface area contributed by atoms with E-state index in [2.05, 4.69) is 49.6 Å². The maximum atomic E-state index is 13.4. The van der Waals surface area contributed by atoms with Crippen molar-refractivity contribution in [1.82, 2.24) is 9.80 Å². The number of hydrogen-bond donors (Lipinski definition) is 1. The first kappa shape index (κ1) is 26.4. The second-order valence-corrected chi connectivity index (χ2v) is 9.65. The molecule has 1 fully saturated rings. The summed E-state index contributed by atoms with van der Waals surface area (Å²) in [6.07, 6.45) is 0. The van der Waals surface area contributed by atoms with Crippen LogP contribution in [0.1, 0.15) is 33.3 Å². The summed E-state index contributed by atoms with van der Waals surface area (Å²) in [5.41, 5.74) is -0.0430. The molecule has 0 amide bonds. The van der Waals surface area contributed by atoms with Crippen LogP contribution in [-0.2, 0) is 11.3 Å². The fraction of sp³-hybridized carbons (Fsp3) is 0.556. The lowest BCUT2D eigenvalue weighted by Gasteiger charge is -2.30. The smallest absolute Gasteiger partial charge is 0.134 e. The molecule has 0 spiro atoms. The van der Waals surface area contributed by atoms with Gasteiger partial charge in [-0.15, -0.1) is 0 Å². The van der Waals surface area contributed by atoms with E-state index in [1.54, 1.807) is 12.1 Å². The summed E-state index contributed by atoms with van der Waals surface area (Å²) in [4.78, 5) is 4.57. The minimum absolute atomic E-state index is 0.0313. The molecule has 7 heteroatoms. The van der Waals surface area contributed by atoms with Gasteiger partial charge in [0.2, 0.25) is 0 Å². The number of nitrogens with zero attached hydrogens (tertiary/aromatic N) is 2. The van der Waals surface area contributed by atoms with E-state index in [0.717, 1.165) is 17.9 Å². The first-order chi connectivity index (χ1) is 16.2. The van der Waals surface area contributed by atoms with Gasteiger partial charge in [0.05, 0.1) is 13.2 Å². The normalized spacial score (nSPS) is 19.6. The van der Waals surface area contributed by atoms with Crippen LogP contribution in [0.4, 0.5) is 4.39 Å². The highest BCUT2D eigenvalue weighted by molar-refractivity contribution is 5.27. The Morgan fingerprint density at radius 1 is 1.06 bits per heavy atom. The number of halogens is 1. The molecule has 34 heavy (non-hydrogen) atoms. The molecule has 0 radical (unpaired) electrons. The molecule has 0 aromatic heterocycles. The van der Waals surface area contributed by atoms with Crippen molar-refractivity contribution in [3.05, 3.63) is 59.9 Å². The second kappa shape index (κ2) is 12.5. The quantitative estimate of drug-likeness (QED) is 0.532. The lowest BCUT2D eigenvalue weighted by molar-refractivity contribution is -0.0647. The van der Waals surface area contributed by atoms with Crippen molar-refractivity contribution in [3.8, 4) is 11.5 Å². The molecule has 1 N–H and O–H groups in total. The molecule has 2 aromatic rings. The van der Waals surface area contributed by atoms with E-state index in [9.17, 15) is 9.50 Å². The Hall–Kier alpha value is -2.19. The highest BCUT2D eigenvalue weighted by Gasteiger charge is 2.33. The Balaban J connectivity index is 1.50. The second-order valence-electron chi connectivity index (χ2n) is 9.65. The van der Waals surface area contributed by atoms with Crippen molar-refractivity contribution in [3.63, 3.8) is 0 Å². The molecule has 1 saturated heterocycles. The highest BCUT2D eigenvalue weighted by atomic mass is 19.1. The SMILES string of the molecule is CC(C)N(CCOc1ccc(CN2CCOC[C@@](O)(COc3cccc(F)c3)C2)cc1)C(C)C. The third-order valence-electron chi connectivity index (χ3n) is 6.02. The van der Waals surface area contributed by atoms with Crippen LogP contribution in [0.5, 0.6) is 11.5 Å². The maximum absolute atomic E-state index is 13.4. The lowest BCUT2D eigenvalue weighted by atomic mass is 10.1. The maximum Gasteiger partial charge on any atom is 0.134 e. The summed E-state index contributed by atoms with van der Waals surface area (Å²) in [6.45, 7) is 12.9. The van der Waals surface area contributed by atoms with E-state index < -0.39 is 5.60 Å². The minimum atomic E-state index is -1.18. The number of aliphatic hydroxyl groups is 1. The van der Waals surface area contributed by atoms with E-state index in [0.29, 0.717) is 50.7 Å². The van der Waals surface area contributed by atoms with Gasteiger partial charge in [-0.1, -0.05) is 18.2 Å². The van der Waals surface area contributed by atoms with Gasteiger partial charge >= 0.3 is 0 Å². The average Bonchev–Trinajstić information content (AvgIpc) is 2.97. The summed E-state index contributed by atoms with van der Waals surface area (Å²) in [6, 6.07) is 15.0. The fourth-order valence-electron chi connectivity index (χ4n) is 4.32. The third-order valence-corrected chi connectivity index (χ3v) is 6.02. The molecule has 1 heterocycles. The molecule has 0 bridgehead atoms. The largest absolute Gasteiger partial charge is 0.492 e. The summed E-state index contributed by atoms with van der Waals surface area (Å²) in [7, 11) is 0. The zero-order valence-corrected chi connectivity index (χ0v) is 20.9. The van der Waals surface area contributed by atoms with Crippen LogP contribution in [-0.4, -0.2) is 78.7 Å². The molecular formula is C27H39FN2O4. The van der Waals surface area contributed by atoms with Crippen molar-refractivity contribution in [2.75, 3.05) is 46.1 Å². The zero-order valence-electron chi connectivity index (χ0n) is 20.9. The van der Waals surface area contributed by atoms with Gasteiger partial charge in [-0.3, -0.25) is 9.80 Å². The predicted octanol–water partition coefficient (Wildman–Crippen LogP) is 3.97. The van der Waals surface area contributed by atoms with Gasteiger partial charge in [0.15, 0.2) is 0 Å². The number of benzene rings is 2. The van der Waals surface area contributed by atoms with Crippen LogP contribution in [0.15, 0.2) is 48.5 Å². The molecular weight excluding hydrogens is 435 g/mol. The lowest BCUT2D eigenvalue weighted by Crippen LogP contribution is -2.48. The van der Waals surface area contributed by atoms with Crippen molar-refractivity contribution >= 4 is 0 Å². The van der Waals surface area contributed by atoms with Gasteiger partial charge in [-0.2, -0.15) is 0 Å². The Labute approximate surface area is 203 Å². The number of β-amino-alcohol motifs (C(OH)–C–C–N with tert-alkyl or cyclic N) is 1. The summed E-state index contributed by atoms with van der Waals surface area (Å²) < 4.78 is 30.7. The Morgan fingerprint density at radius 2 is 1.79 bits per heavy atom. The molecule has 3 rings (SSSR count). The first-order valence-electron chi connectivity index (χ1n) is 12.1. The molecule has 0 saturated carbocycles. The Bertz CT molecular complexity index is 869. The molecule has 6 nitrogen and oxygen atoms in total. The van der Waals surface area contributed by atoms with E-state index in [1.807, 2.05) is 12.1 Å². The Morgan fingerprint density at radius 3 is 2.47 bits per heavy atom. The minimum Gasteiger partial charge on any atom is -0.492 e. The van der Waals surface area contributed by atoms with Crippen LogP contribution in [0, 0.1) is 5.82 Å². The van der Waals surface area contributed by atoms with E-state index in [1.165, 1.54) is 12.1 Å².